The summed E-state index contributed by atoms with van der Waals surface area (Å²) in [7, 11) is 2.95. The second-order valence-corrected chi connectivity index (χ2v) is 5.59. The highest BCUT2D eigenvalue weighted by molar-refractivity contribution is 5.89. The molecule has 0 aromatic heterocycles. The van der Waals surface area contributed by atoms with Gasteiger partial charge in [-0.25, -0.2) is 9.18 Å². The number of nitrogens with zero attached hydrogens (tertiary/aromatic N) is 1. The van der Waals surface area contributed by atoms with Gasteiger partial charge in [-0.15, -0.1) is 0 Å². The molecule has 0 radical (unpaired) electrons. The first kappa shape index (κ1) is 18.0. The molecule has 2 N–H and O–H groups in total. The summed E-state index contributed by atoms with van der Waals surface area (Å²) in [5.41, 5.74) is 0.426. The van der Waals surface area contributed by atoms with Crippen molar-refractivity contribution in [3.05, 3.63) is 24.0 Å². The van der Waals surface area contributed by atoms with Crippen LogP contribution in [0.3, 0.4) is 0 Å². The summed E-state index contributed by atoms with van der Waals surface area (Å²) in [5, 5.41) is 5.34. The van der Waals surface area contributed by atoms with Crippen molar-refractivity contribution in [2.24, 2.45) is 5.92 Å². The second-order valence-electron chi connectivity index (χ2n) is 5.59. The van der Waals surface area contributed by atoms with Crippen molar-refractivity contribution >= 4 is 17.6 Å². The molecule has 0 spiro atoms. The molecule has 132 valence electrons. The molecule has 1 atom stereocenters. The van der Waals surface area contributed by atoms with Gasteiger partial charge in [0.05, 0.1) is 13.7 Å². The fraction of sp³-hybridized carbons (Fsp3) is 0.500. The minimum atomic E-state index is -0.496. The van der Waals surface area contributed by atoms with Crippen molar-refractivity contribution in [1.29, 1.82) is 0 Å². The van der Waals surface area contributed by atoms with E-state index in [0.717, 1.165) is 0 Å². The van der Waals surface area contributed by atoms with E-state index in [2.05, 4.69) is 10.6 Å². The first-order chi connectivity index (χ1) is 11.5. The van der Waals surface area contributed by atoms with Crippen LogP contribution in [0.15, 0.2) is 18.2 Å². The molecule has 0 saturated carbocycles. The number of hydrogen-bond donors (Lipinski definition) is 2. The van der Waals surface area contributed by atoms with Crippen LogP contribution in [0.2, 0.25) is 0 Å². The number of carbonyl (C=O) groups excluding carboxylic acids is 2. The van der Waals surface area contributed by atoms with Gasteiger partial charge in [0.1, 0.15) is 0 Å². The number of urea groups is 1. The first-order valence-electron chi connectivity index (χ1n) is 7.68. The van der Waals surface area contributed by atoms with E-state index in [0.29, 0.717) is 38.3 Å². The average Bonchev–Trinajstić information content (AvgIpc) is 2.92. The molecular weight excluding hydrogens is 317 g/mol. The lowest BCUT2D eigenvalue weighted by Gasteiger charge is -2.16. The molecule has 0 bridgehead atoms. The van der Waals surface area contributed by atoms with Crippen molar-refractivity contribution in [2.45, 2.75) is 6.42 Å². The number of rotatable bonds is 7. The van der Waals surface area contributed by atoms with E-state index in [1.54, 1.807) is 12.0 Å². The molecule has 1 aliphatic heterocycles. The van der Waals surface area contributed by atoms with Crippen molar-refractivity contribution in [1.82, 2.24) is 10.2 Å². The number of anilines is 1. The third-order valence-corrected chi connectivity index (χ3v) is 3.82. The van der Waals surface area contributed by atoms with Gasteiger partial charge >= 0.3 is 6.03 Å². The normalized spacial score (nSPS) is 17.0. The van der Waals surface area contributed by atoms with Gasteiger partial charge < -0.3 is 25.0 Å². The lowest BCUT2D eigenvalue weighted by Crippen LogP contribution is -2.34. The molecule has 3 amide bonds. The molecular formula is C16H22FN3O4. The van der Waals surface area contributed by atoms with Crippen molar-refractivity contribution in [2.75, 3.05) is 45.8 Å². The van der Waals surface area contributed by atoms with E-state index in [1.165, 1.54) is 25.3 Å². The molecule has 7 nitrogen and oxygen atoms in total. The molecule has 2 rings (SSSR count). The summed E-state index contributed by atoms with van der Waals surface area (Å²) in [5.74, 6) is -0.294. The molecule has 1 aromatic carbocycles. The Kier molecular flexibility index (Phi) is 6.36. The highest BCUT2D eigenvalue weighted by Crippen LogP contribution is 2.21. The number of methoxy groups -OCH3 is 2. The number of hydrogen-bond acceptors (Lipinski definition) is 4. The lowest BCUT2D eigenvalue weighted by molar-refractivity contribution is -0.128. The Morgan fingerprint density at radius 2 is 2.21 bits per heavy atom. The fourth-order valence-corrected chi connectivity index (χ4v) is 2.56. The van der Waals surface area contributed by atoms with E-state index in [9.17, 15) is 14.0 Å². The van der Waals surface area contributed by atoms with Gasteiger partial charge in [0.15, 0.2) is 11.6 Å². The molecule has 24 heavy (non-hydrogen) atoms. The largest absolute Gasteiger partial charge is 0.494 e. The molecule has 1 fully saturated rings. The molecule has 0 aliphatic carbocycles. The molecule has 1 saturated heterocycles. The van der Waals surface area contributed by atoms with Gasteiger partial charge in [0.25, 0.3) is 0 Å². The van der Waals surface area contributed by atoms with Crippen molar-refractivity contribution < 1.29 is 23.5 Å². The van der Waals surface area contributed by atoms with Gasteiger partial charge in [-0.05, 0) is 12.1 Å². The zero-order valence-electron chi connectivity index (χ0n) is 13.8. The number of benzene rings is 1. The Bertz CT molecular complexity index is 597. The lowest BCUT2D eigenvalue weighted by atomic mass is 10.1. The average molecular weight is 339 g/mol. The first-order valence-corrected chi connectivity index (χ1v) is 7.68. The topological polar surface area (TPSA) is 79.9 Å². The highest BCUT2D eigenvalue weighted by atomic mass is 19.1. The molecule has 1 aliphatic rings. The number of halogens is 1. The van der Waals surface area contributed by atoms with E-state index in [-0.39, 0.29) is 17.6 Å². The standard InChI is InChI=1S/C16H22FN3O4/c1-23-6-5-20-10-11(7-15(20)21)9-18-16(22)19-12-3-4-13(17)14(8-12)24-2/h3-4,8,11H,5-7,9-10H2,1-2H3,(H2,18,19,22)/t11-/m0/s1. The monoisotopic (exact) mass is 339 g/mol. The van der Waals surface area contributed by atoms with Gasteiger partial charge in [0, 0.05) is 50.8 Å². The van der Waals surface area contributed by atoms with Crippen LogP contribution in [0.4, 0.5) is 14.9 Å². The summed E-state index contributed by atoms with van der Waals surface area (Å²) in [6.07, 6.45) is 0.411. The maximum Gasteiger partial charge on any atom is 0.319 e. The summed E-state index contributed by atoms with van der Waals surface area (Å²) in [6, 6.07) is 3.66. The Labute approximate surface area is 140 Å². The summed E-state index contributed by atoms with van der Waals surface area (Å²) in [6.45, 7) is 2.05. The van der Waals surface area contributed by atoms with Crippen LogP contribution in [-0.4, -0.2) is 57.3 Å². The third kappa shape index (κ3) is 4.82. The van der Waals surface area contributed by atoms with Gasteiger partial charge in [-0.1, -0.05) is 0 Å². The molecule has 8 heteroatoms. The Morgan fingerprint density at radius 1 is 1.42 bits per heavy atom. The quantitative estimate of drug-likeness (QED) is 0.788. The zero-order valence-corrected chi connectivity index (χ0v) is 13.8. The fourth-order valence-electron chi connectivity index (χ4n) is 2.56. The predicted molar refractivity (Wildman–Crippen MR) is 86.5 cm³/mol. The highest BCUT2D eigenvalue weighted by Gasteiger charge is 2.29. The molecule has 0 unspecified atom stereocenters. The number of ether oxygens (including phenoxy) is 2. The maximum atomic E-state index is 13.3. The maximum absolute atomic E-state index is 13.3. The van der Waals surface area contributed by atoms with Crippen LogP contribution in [0.5, 0.6) is 5.75 Å². The van der Waals surface area contributed by atoms with Crippen molar-refractivity contribution in [3.63, 3.8) is 0 Å². The van der Waals surface area contributed by atoms with E-state index in [1.807, 2.05) is 0 Å². The minimum absolute atomic E-state index is 0.0583. The van der Waals surface area contributed by atoms with Crippen LogP contribution < -0.4 is 15.4 Å². The van der Waals surface area contributed by atoms with Crippen LogP contribution in [0.25, 0.3) is 0 Å². The SMILES string of the molecule is COCCN1C[C@H](CNC(=O)Nc2ccc(F)c(OC)c2)CC1=O. The minimum Gasteiger partial charge on any atom is -0.494 e. The van der Waals surface area contributed by atoms with Crippen LogP contribution in [0, 0.1) is 11.7 Å². The number of amides is 3. The smallest absolute Gasteiger partial charge is 0.319 e. The van der Waals surface area contributed by atoms with Crippen LogP contribution >= 0.6 is 0 Å². The van der Waals surface area contributed by atoms with E-state index < -0.39 is 11.8 Å². The summed E-state index contributed by atoms with van der Waals surface area (Å²) in [4.78, 5) is 25.5. The third-order valence-electron chi connectivity index (χ3n) is 3.82. The Hall–Kier alpha value is -2.35. The van der Waals surface area contributed by atoms with Crippen LogP contribution in [0.1, 0.15) is 6.42 Å². The second kappa shape index (κ2) is 8.49. The van der Waals surface area contributed by atoms with Gasteiger partial charge in [0.2, 0.25) is 5.91 Å². The van der Waals surface area contributed by atoms with Crippen molar-refractivity contribution in [3.8, 4) is 5.75 Å². The molecule has 1 heterocycles. The number of likely N-dealkylation sites (tertiary alicyclic amines) is 1. The predicted octanol–water partition coefficient (Wildman–Crippen LogP) is 1.45. The number of nitrogens with one attached hydrogen (secondary N) is 2. The van der Waals surface area contributed by atoms with Crippen LogP contribution in [-0.2, 0) is 9.53 Å². The summed E-state index contributed by atoms with van der Waals surface area (Å²) >= 11 is 0. The Morgan fingerprint density at radius 3 is 2.92 bits per heavy atom. The van der Waals surface area contributed by atoms with E-state index in [4.69, 9.17) is 9.47 Å². The van der Waals surface area contributed by atoms with Gasteiger partial charge in [-0.2, -0.15) is 0 Å². The Balaban J connectivity index is 1.78. The zero-order chi connectivity index (χ0) is 17.5. The van der Waals surface area contributed by atoms with Gasteiger partial charge in [-0.3, -0.25) is 4.79 Å². The molecule has 1 aromatic rings. The summed E-state index contributed by atoms with van der Waals surface area (Å²) < 4.78 is 23.2. The number of carbonyl (C=O) groups is 2. The van der Waals surface area contributed by atoms with E-state index >= 15 is 0 Å².